The first-order valence-electron chi connectivity index (χ1n) is 7.45. The second kappa shape index (κ2) is 5.35. The molecule has 3 N–H and O–H groups in total. The van der Waals surface area contributed by atoms with Crippen LogP contribution in [0.5, 0.6) is 0 Å². The van der Waals surface area contributed by atoms with E-state index >= 15 is 0 Å². The third-order valence-electron chi connectivity index (χ3n) is 4.19. The normalized spacial score (nSPS) is 17.8. The molecule has 0 atom stereocenters. The molecule has 1 aliphatic rings. The Morgan fingerprint density at radius 3 is 2.81 bits per heavy atom. The van der Waals surface area contributed by atoms with E-state index in [-0.39, 0.29) is 5.97 Å². The maximum absolute atomic E-state index is 12.5. The van der Waals surface area contributed by atoms with Gasteiger partial charge in [0.05, 0.1) is 12.1 Å². The van der Waals surface area contributed by atoms with Crippen molar-refractivity contribution in [1.29, 1.82) is 0 Å². The van der Waals surface area contributed by atoms with Crippen molar-refractivity contribution < 1.29 is 9.53 Å². The second-order valence-corrected chi connectivity index (χ2v) is 5.56. The average Bonchev–Trinajstić information content (AvgIpc) is 2.91. The van der Waals surface area contributed by atoms with Gasteiger partial charge in [-0.2, -0.15) is 0 Å². The number of pyridine rings is 1. The zero-order valence-electron chi connectivity index (χ0n) is 12.2. The highest BCUT2D eigenvalue weighted by atomic mass is 16.5. The van der Waals surface area contributed by atoms with Gasteiger partial charge in [-0.05, 0) is 31.9 Å². The summed E-state index contributed by atoms with van der Waals surface area (Å²) < 4.78 is 5.31. The highest BCUT2D eigenvalue weighted by Gasteiger charge is 2.45. The summed E-state index contributed by atoms with van der Waals surface area (Å²) in [7, 11) is 0. The van der Waals surface area contributed by atoms with Gasteiger partial charge >= 0.3 is 5.97 Å². The smallest absolute Gasteiger partial charge is 0.319 e. The lowest BCUT2D eigenvalue weighted by Gasteiger charge is -2.32. The third kappa shape index (κ3) is 2.34. The highest BCUT2D eigenvalue weighted by molar-refractivity contribution is 5.84. The van der Waals surface area contributed by atoms with Crippen LogP contribution in [0.1, 0.15) is 44.9 Å². The Hall–Kier alpha value is -2.11. The van der Waals surface area contributed by atoms with Crippen LogP contribution in [0.2, 0.25) is 0 Å². The fraction of sp³-hybridized carbons (Fsp3) is 0.533. The second-order valence-electron chi connectivity index (χ2n) is 5.56. The lowest BCUT2D eigenvalue weighted by atomic mass is 9.73. The van der Waals surface area contributed by atoms with Gasteiger partial charge in [0.15, 0.2) is 5.65 Å². The number of nitrogens with one attached hydrogen (secondary N) is 1. The summed E-state index contributed by atoms with van der Waals surface area (Å²) >= 11 is 0. The molecule has 2 aromatic rings. The number of fused-ring (bicyclic) bond motifs is 1. The molecule has 0 bridgehead atoms. The monoisotopic (exact) mass is 288 g/mol. The number of aromatic nitrogens is 3. The largest absolute Gasteiger partial charge is 0.465 e. The number of anilines is 1. The van der Waals surface area contributed by atoms with Crippen LogP contribution in [-0.2, 0) is 14.9 Å². The number of rotatable bonds is 3. The van der Waals surface area contributed by atoms with Crippen LogP contribution in [0.25, 0.3) is 11.2 Å². The van der Waals surface area contributed by atoms with E-state index in [0.717, 1.165) is 37.6 Å². The van der Waals surface area contributed by atoms with Crippen LogP contribution in [0, 0.1) is 0 Å². The SMILES string of the molecule is CCOC(=O)C1(c2nc3nc(N)ccc3[nH]2)CCCCC1. The lowest BCUT2D eigenvalue weighted by molar-refractivity contribution is -0.152. The quantitative estimate of drug-likeness (QED) is 0.845. The van der Waals surface area contributed by atoms with E-state index < -0.39 is 5.41 Å². The van der Waals surface area contributed by atoms with E-state index in [1.807, 2.05) is 13.0 Å². The Bertz CT molecular complexity index is 659. The summed E-state index contributed by atoms with van der Waals surface area (Å²) in [6.07, 6.45) is 4.69. The topological polar surface area (TPSA) is 93.9 Å². The molecule has 1 saturated carbocycles. The predicted molar refractivity (Wildman–Crippen MR) is 79.7 cm³/mol. The first-order valence-corrected chi connectivity index (χ1v) is 7.45. The van der Waals surface area contributed by atoms with Crippen molar-refractivity contribution in [2.24, 2.45) is 0 Å². The number of esters is 1. The van der Waals surface area contributed by atoms with Crippen molar-refractivity contribution in [2.75, 3.05) is 12.3 Å². The number of carbonyl (C=O) groups is 1. The molecule has 1 aliphatic carbocycles. The molecule has 0 radical (unpaired) electrons. The Kier molecular flexibility index (Phi) is 3.53. The van der Waals surface area contributed by atoms with Crippen LogP contribution in [0.3, 0.4) is 0 Å². The van der Waals surface area contributed by atoms with Crippen LogP contribution in [-0.4, -0.2) is 27.5 Å². The minimum Gasteiger partial charge on any atom is -0.465 e. The molecular formula is C15H20N4O2. The number of nitrogen functional groups attached to an aromatic ring is 1. The molecule has 0 amide bonds. The summed E-state index contributed by atoms with van der Waals surface area (Å²) in [4.78, 5) is 24.5. The van der Waals surface area contributed by atoms with Crippen LogP contribution in [0.4, 0.5) is 5.82 Å². The molecule has 0 aromatic carbocycles. The zero-order chi connectivity index (χ0) is 14.9. The first-order chi connectivity index (χ1) is 10.2. The number of hydrogen-bond acceptors (Lipinski definition) is 5. The molecule has 0 saturated heterocycles. The Balaban J connectivity index is 2.07. The molecule has 1 fully saturated rings. The minimum absolute atomic E-state index is 0.184. The average molecular weight is 288 g/mol. The van der Waals surface area contributed by atoms with Gasteiger partial charge in [0.2, 0.25) is 0 Å². The van der Waals surface area contributed by atoms with Crippen molar-refractivity contribution in [3.05, 3.63) is 18.0 Å². The van der Waals surface area contributed by atoms with Gasteiger partial charge in [0, 0.05) is 0 Å². The summed E-state index contributed by atoms with van der Waals surface area (Å²) in [6, 6.07) is 3.57. The number of nitrogens with two attached hydrogens (primary N) is 1. The highest BCUT2D eigenvalue weighted by Crippen LogP contribution is 2.39. The van der Waals surface area contributed by atoms with E-state index in [0.29, 0.717) is 23.9 Å². The molecule has 0 unspecified atom stereocenters. The number of imidazole rings is 1. The molecule has 2 aromatic heterocycles. The Labute approximate surface area is 123 Å². The van der Waals surface area contributed by atoms with Gasteiger partial charge in [-0.1, -0.05) is 19.3 Å². The number of nitrogens with zero attached hydrogens (tertiary/aromatic N) is 2. The standard InChI is InChI=1S/C15H20N4O2/c1-2-21-14(20)15(8-4-3-5-9-15)13-17-10-6-7-11(16)18-12(10)19-13/h6-7H,2-5,8-9H2,1H3,(H3,16,17,18,19). The minimum atomic E-state index is -0.663. The van der Waals surface area contributed by atoms with Gasteiger partial charge < -0.3 is 15.5 Å². The summed E-state index contributed by atoms with van der Waals surface area (Å²) in [5, 5.41) is 0. The van der Waals surface area contributed by atoms with Gasteiger partial charge in [0.1, 0.15) is 17.1 Å². The van der Waals surface area contributed by atoms with E-state index in [1.165, 1.54) is 0 Å². The van der Waals surface area contributed by atoms with Gasteiger partial charge in [-0.3, -0.25) is 4.79 Å². The van der Waals surface area contributed by atoms with Crippen molar-refractivity contribution in [3.8, 4) is 0 Å². The van der Waals surface area contributed by atoms with E-state index in [4.69, 9.17) is 10.5 Å². The van der Waals surface area contributed by atoms with Crippen LogP contribution in [0.15, 0.2) is 12.1 Å². The number of hydrogen-bond donors (Lipinski definition) is 2. The summed E-state index contributed by atoms with van der Waals surface area (Å²) in [6.45, 7) is 2.21. The molecule has 6 heteroatoms. The fourth-order valence-corrected chi connectivity index (χ4v) is 3.10. The molecule has 21 heavy (non-hydrogen) atoms. The summed E-state index contributed by atoms with van der Waals surface area (Å²) in [5.74, 6) is 0.903. The molecule has 0 spiro atoms. The van der Waals surface area contributed by atoms with E-state index in [1.54, 1.807) is 6.07 Å². The van der Waals surface area contributed by atoms with Gasteiger partial charge in [-0.25, -0.2) is 9.97 Å². The number of carbonyl (C=O) groups excluding carboxylic acids is 1. The fourth-order valence-electron chi connectivity index (χ4n) is 3.10. The van der Waals surface area contributed by atoms with Crippen molar-refractivity contribution in [2.45, 2.75) is 44.4 Å². The summed E-state index contributed by atoms with van der Waals surface area (Å²) in [5.41, 5.74) is 6.39. The van der Waals surface area contributed by atoms with Gasteiger partial charge in [-0.15, -0.1) is 0 Å². The third-order valence-corrected chi connectivity index (χ3v) is 4.19. The Morgan fingerprint density at radius 1 is 1.33 bits per heavy atom. The van der Waals surface area contributed by atoms with Crippen LogP contribution < -0.4 is 5.73 Å². The maximum Gasteiger partial charge on any atom is 0.319 e. The molecular weight excluding hydrogens is 268 g/mol. The Morgan fingerprint density at radius 2 is 2.10 bits per heavy atom. The number of ether oxygens (including phenoxy) is 1. The first kappa shape index (κ1) is 13.9. The molecule has 112 valence electrons. The molecule has 6 nitrogen and oxygen atoms in total. The number of aromatic amines is 1. The molecule has 2 heterocycles. The van der Waals surface area contributed by atoms with Crippen LogP contribution >= 0.6 is 0 Å². The lowest BCUT2D eigenvalue weighted by Crippen LogP contribution is -2.40. The zero-order valence-corrected chi connectivity index (χ0v) is 12.2. The molecule has 3 rings (SSSR count). The van der Waals surface area contributed by atoms with Gasteiger partial charge in [0.25, 0.3) is 0 Å². The van der Waals surface area contributed by atoms with Crippen molar-refractivity contribution in [3.63, 3.8) is 0 Å². The molecule has 0 aliphatic heterocycles. The number of H-pyrrole nitrogens is 1. The van der Waals surface area contributed by atoms with E-state index in [2.05, 4.69) is 15.0 Å². The predicted octanol–water partition coefficient (Wildman–Crippen LogP) is 2.31. The maximum atomic E-state index is 12.5. The van der Waals surface area contributed by atoms with Crippen molar-refractivity contribution in [1.82, 2.24) is 15.0 Å². The van der Waals surface area contributed by atoms with E-state index in [9.17, 15) is 4.79 Å². The van der Waals surface area contributed by atoms with Crippen molar-refractivity contribution >= 4 is 23.0 Å².